The number of aliphatic hydroxyl groups excluding tert-OH is 3. The number of carbonyl (C=O) groups is 1. The number of hydrogen-bond acceptors (Lipinski definition) is 12. The average Bonchev–Trinajstić information content (AvgIpc) is 3.00. The van der Waals surface area contributed by atoms with Gasteiger partial charge in [-0.05, 0) is 23.8 Å². The molecule has 43 heavy (non-hydrogen) atoms. The molecule has 3 aromatic carbocycles. The van der Waals surface area contributed by atoms with Crippen LogP contribution in [0.3, 0.4) is 0 Å². The van der Waals surface area contributed by atoms with E-state index in [2.05, 4.69) is 0 Å². The fraction of sp³-hybridized carbons (Fsp3) is 0.267. The number of benzene rings is 3. The van der Waals surface area contributed by atoms with E-state index in [0.717, 1.165) is 11.6 Å². The number of carboxylic acids is 1. The molecule has 0 spiro atoms. The molecule has 1 saturated heterocycles. The molecular weight excluding hydrogens is 568 g/mol. The second-order valence-corrected chi connectivity index (χ2v) is 9.60. The fourth-order valence-electron chi connectivity index (χ4n) is 4.65. The highest BCUT2D eigenvalue weighted by molar-refractivity contribution is 5.88. The molecule has 5 N–H and O–H groups in total. The first-order chi connectivity index (χ1) is 20.6. The number of carboxylic acid groups (broad SMARTS) is 1. The van der Waals surface area contributed by atoms with Crippen LogP contribution in [0.15, 0.2) is 69.9 Å². The van der Waals surface area contributed by atoms with Crippen molar-refractivity contribution in [2.75, 3.05) is 14.2 Å². The van der Waals surface area contributed by atoms with E-state index in [1.165, 1.54) is 20.3 Å². The number of aromatic hydroxyl groups is 1. The Morgan fingerprint density at radius 2 is 1.65 bits per heavy atom. The summed E-state index contributed by atoms with van der Waals surface area (Å²) in [6.07, 6.45) is -9.34. The highest BCUT2D eigenvalue weighted by Crippen LogP contribution is 2.39. The molecule has 4 aromatic rings. The summed E-state index contributed by atoms with van der Waals surface area (Å²) < 4.78 is 33.5. The zero-order valence-corrected chi connectivity index (χ0v) is 22.9. The molecule has 226 valence electrons. The number of hydrogen-bond donors (Lipinski definition) is 5. The molecule has 1 fully saturated rings. The van der Waals surface area contributed by atoms with Crippen LogP contribution in [0.2, 0.25) is 0 Å². The molecule has 5 atom stereocenters. The lowest BCUT2D eigenvalue weighted by Gasteiger charge is -2.38. The van der Waals surface area contributed by atoms with Crippen molar-refractivity contribution < 1.29 is 58.4 Å². The highest BCUT2D eigenvalue weighted by atomic mass is 16.7. The van der Waals surface area contributed by atoms with Crippen molar-refractivity contribution in [2.45, 2.75) is 37.3 Å². The Labute approximate surface area is 243 Å². The maximum atomic E-state index is 13.4. The van der Waals surface area contributed by atoms with Crippen molar-refractivity contribution in [2.24, 2.45) is 0 Å². The molecule has 0 unspecified atom stereocenters. The third-order valence-electron chi connectivity index (χ3n) is 6.84. The number of fused-ring (bicyclic) bond motifs is 1. The topological polar surface area (TPSA) is 195 Å². The van der Waals surface area contributed by atoms with Crippen molar-refractivity contribution in [1.29, 1.82) is 0 Å². The summed E-state index contributed by atoms with van der Waals surface area (Å²) in [6, 6.07) is 16.5. The number of ether oxygens (including phenoxy) is 5. The Kier molecular flexibility index (Phi) is 8.41. The first kappa shape index (κ1) is 29.7. The van der Waals surface area contributed by atoms with Crippen LogP contribution in [-0.2, 0) is 16.1 Å². The van der Waals surface area contributed by atoms with Crippen LogP contribution < -0.4 is 24.4 Å². The van der Waals surface area contributed by atoms with Crippen molar-refractivity contribution in [1.82, 2.24) is 0 Å². The maximum Gasteiger partial charge on any atom is 0.335 e. The zero-order chi connectivity index (χ0) is 30.8. The molecule has 0 radical (unpaired) electrons. The second kappa shape index (κ2) is 12.2. The van der Waals surface area contributed by atoms with Crippen LogP contribution in [0.5, 0.6) is 28.7 Å². The molecule has 1 aromatic heterocycles. The van der Waals surface area contributed by atoms with E-state index in [0.29, 0.717) is 17.1 Å². The van der Waals surface area contributed by atoms with Gasteiger partial charge in [0.15, 0.2) is 23.4 Å². The summed E-state index contributed by atoms with van der Waals surface area (Å²) in [5.74, 6) is -1.82. The summed E-state index contributed by atoms with van der Waals surface area (Å²) >= 11 is 0. The molecule has 1 aliphatic heterocycles. The number of aliphatic carboxylic acids is 1. The predicted octanol–water partition coefficient (Wildman–Crippen LogP) is 2.03. The van der Waals surface area contributed by atoms with Crippen molar-refractivity contribution in [3.63, 3.8) is 0 Å². The van der Waals surface area contributed by atoms with E-state index in [-0.39, 0.29) is 34.8 Å². The molecule has 0 bridgehead atoms. The number of rotatable bonds is 9. The summed E-state index contributed by atoms with van der Waals surface area (Å²) in [5, 5.41) is 50.1. The van der Waals surface area contributed by atoms with Gasteiger partial charge in [0.05, 0.1) is 14.2 Å². The molecule has 5 rings (SSSR count). The minimum absolute atomic E-state index is 0.0119. The van der Waals surface area contributed by atoms with Crippen molar-refractivity contribution >= 4 is 16.9 Å². The summed E-state index contributed by atoms with van der Waals surface area (Å²) in [4.78, 5) is 24.9. The molecule has 13 heteroatoms. The molecular formula is C30H28O13. The minimum Gasteiger partial charge on any atom is -0.507 e. The van der Waals surface area contributed by atoms with Gasteiger partial charge < -0.3 is 53.6 Å². The van der Waals surface area contributed by atoms with Gasteiger partial charge in [-0.3, -0.25) is 4.79 Å². The van der Waals surface area contributed by atoms with Crippen LogP contribution in [0.25, 0.3) is 22.3 Å². The lowest BCUT2D eigenvalue weighted by Crippen LogP contribution is -2.61. The monoisotopic (exact) mass is 596 g/mol. The van der Waals surface area contributed by atoms with Gasteiger partial charge in [0.25, 0.3) is 0 Å². The second-order valence-electron chi connectivity index (χ2n) is 9.60. The molecule has 13 nitrogen and oxygen atoms in total. The number of methoxy groups -OCH3 is 2. The third kappa shape index (κ3) is 5.79. The Bertz CT molecular complexity index is 1680. The van der Waals surface area contributed by atoms with Gasteiger partial charge in [0, 0.05) is 17.7 Å². The molecule has 2 heterocycles. The van der Waals surface area contributed by atoms with E-state index in [1.807, 2.05) is 30.3 Å². The Morgan fingerprint density at radius 3 is 2.33 bits per heavy atom. The molecule has 0 aliphatic carbocycles. The lowest BCUT2D eigenvalue weighted by atomic mass is 9.99. The summed E-state index contributed by atoms with van der Waals surface area (Å²) in [7, 11) is 2.75. The van der Waals surface area contributed by atoms with Crippen LogP contribution in [0, 0.1) is 0 Å². The molecule has 0 saturated carbocycles. The molecule has 0 amide bonds. The van der Waals surface area contributed by atoms with Crippen LogP contribution in [0.1, 0.15) is 5.56 Å². The summed E-state index contributed by atoms with van der Waals surface area (Å²) in [5.41, 5.74) is 0.428. The molecule has 1 aliphatic rings. The normalized spacial score (nSPS) is 21.7. The lowest BCUT2D eigenvalue weighted by molar-refractivity contribution is -0.271. The first-order valence-electron chi connectivity index (χ1n) is 12.9. The number of phenolic OH excluding ortho intramolecular Hbond substituents is 1. The predicted molar refractivity (Wildman–Crippen MR) is 148 cm³/mol. The van der Waals surface area contributed by atoms with Gasteiger partial charge in [-0.1, -0.05) is 30.3 Å². The average molecular weight is 597 g/mol. The van der Waals surface area contributed by atoms with E-state index in [1.54, 1.807) is 18.2 Å². The van der Waals surface area contributed by atoms with Gasteiger partial charge in [0.1, 0.15) is 47.4 Å². The van der Waals surface area contributed by atoms with Crippen molar-refractivity contribution in [3.8, 4) is 40.1 Å². The van der Waals surface area contributed by atoms with E-state index < -0.39 is 47.9 Å². The Balaban J connectivity index is 1.53. The SMILES string of the molecule is COc1ccc(-c2oc3cc(O[C@@H]4O[C@H](C(=O)O)[C@@H](O)[C@H](O)[C@H]4O)cc(O)c3c(=O)c2OC)cc1OCc1ccccc1. The van der Waals surface area contributed by atoms with Crippen molar-refractivity contribution in [3.05, 3.63) is 76.5 Å². The van der Waals surface area contributed by atoms with Gasteiger partial charge >= 0.3 is 5.97 Å². The largest absolute Gasteiger partial charge is 0.507 e. The summed E-state index contributed by atoms with van der Waals surface area (Å²) in [6.45, 7) is 0.234. The van der Waals surface area contributed by atoms with Gasteiger partial charge in [0.2, 0.25) is 17.5 Å². The smallest absolute Gasteiger partial charge is 0.335 e. The van der Waals surface area contributed by atoms with Crippen LogP contribution in [0.4, 0.5) is 0 Å². The zero-order valence-electron chi connectivity index (χ0n) is 22.9. The maximum absolute atomic E-state index is 13.4. The van der Waals surface area contributed by atoms with Gasteiger partial charge in [-0.2, -0.15) is 0 Å². The quantitative estimate of drug-likeness (QED) is 0.189. The highest BCUT2D eigenvalue weighted by Gasteiger charge is 2.48. The standard InChI is InChI=1S/C30H28O13/c1-38-18-9-8-15(10-19(18)40-13-14-6-4-3-5-7-14)26-27(39-2)22(32)21-17(31)11-16(12-20(21)42-26)41-30-25(35)23(33)24(34)28(43-30)29(36)37/h3-12,23-25,28,30-31,33-35H,13H2,1-2H3,(H,36,37)/t23-,24-,25+,28-,30+/m0/s1. The number of phenols is 1. The van der Waals surface area contributed by atoms with E-state index >= 15 is 0 Å². The third-order valence-corrected chi connectivity index (χ3v) is 6.84. The minimum atomic E-state index is -1.92. The fourth-order valence-corrected chi connectivity index (χ4v) is 4.65. The van der Waals surface area contributed by atoms with Gasteiger partial charge in [-0.25, -0.2) is 4.79 Å². The van der Waals surface area contributed by atoms with Crippen LogP contribution >= 0.6 is 0 Å². The van der Waals surface area contributed by atoms with E-state index in [9.17, 15) is 35.1 Å². The van der Waals surface area contributed by atoms with Gasteiger partial charge in [-0.15, -0.1) is 0 Å². The number of aliphatic hydroxyl groups is 3. The van der Waals surface area contributed by atoms with E-state index in [4.69, 9.17) is 28.1 Å². The Morgan fingerprint density at radius 1 is 0.907 bits per heavy atom. The van der Waals surface area contributed by atoms with Crippen LogP contribution in [-0.4, -0.2) is 76.4 Å². The Hall–Kier alpha value is -4.82. The first-order valence-corrected chi connectivity index (χ1v) is 12.9.